The zero-order valence-electron chi connectivity index (χ0n) is 9.62. The van der Waals surface area contributed by atoms with Gasteiger partial charge in [-0.3, -0.25) is 0 Å². The third-order valence-electron chi connectivity index (χ3n) is 2.32. The fourth-order valence-corrected chi connectivity index (χ4v) is 2.37. The van der Waals surface area contributed by atoms with Crippen molar-refractivity contribution in [2.75, 3.05) is 5.75 Å². The Morgan fingerprint density at radius 2 is 2.00 bits per heavy atom. The zero-order valence-corrected chi connectivity index (χ0v) is 11.3. The summed E-state index contributed by atoms with van der Waals surface area (Å²) in [6, 6.07) is 6.89. The Labute approximate surface area is 103 Å². The van der Waals surface area contributed by atoms with Crippen LogP contribution in [0.2, 0.25) is 0 Å². The van der Waals surface area contributed by atoms with Crippen LogP contribution in [0.15, 0.2) is 23.1 Å². The van der Waals surface area contributed by atoms with E-state index in [2.05, 4.69) is 39.0 Å². The van der Waals surface area contributed by atoms with Gasteiger partial charge in [0.25, 0.3) is 0 Å². The first-order valence-electron chi connectivity index (χ1n) is 5.09. The van der Waals surface area contributed by atoms with Crippen LogP contribution in [-0.4, -0.2) is 11.8 Å². The fourth-order valence-electron chi connectivity index (χ4n) is 1.18. The van der Waals surface area contributed by atoms with Gasteiger partial charge in [0.2, 0.25) is 0 Å². The van der Waals surface area contributed by atoms with Crippen molar-refractivity contribution >= 4 is 24.2 Å². The molecule has 0 aliphatic heterocycles. The number of hydrogen-bond donors (Lipinski definition) is 1. The molecule has 0 spiro atoms. The summed E-state index contributed by atoms with van der Waals surface area (Å²) in [6.45, 7) is 6.41. The van der Waals surface area contributed by atoms with Crippen molar-refractivity contribution in [3.8, 4) is 0 Å². The van der Waals surface area contributed by atoms with Crippen LogP contribution in [0, 0.1) is 13.8 Å². The van der Waals surface area contributed by atoms with E-state index in [4.69, 9.17) is 5.73 Å². The van der Waals surface area contributed by atoms with Crippen LogP contribution in [0.3, 0.4) is 0 Å². The maximum atomic E-state index is 5.89. The monoisotopic (exact) mass is 245 g/mol. The van der Waals surface area contributed by atoms with Crippen molar-refractivity contribution in [1.82, 2.24) is 0 Å². The van der Waals surface area contributed by atoms with Gasteiger partial charge in [-0.05, 0) is 31.9 Å². The Morgan fingerprint density at radius 1 is 1.33 bits per heavy atom. The molecule has 0 fully saturated rings. The van der Waals surface area contributed by atoms with E-state index in [1.54, 1.807) is 0 Å². The molecular formula is C12H20ClNS. The first-order chi connectivity index (χ1) is 6.63. The quantitative estimate of drug-likeness (QED) is 0.821. The molecule has 3 heteroatoms. The zero-order chi connectivity index (χ0) is 10.6. The van der Waals surface area contributed by atoms with E-state index in [-0.39, 0.29) is 12.4 Å². The van der Waals surface area contributed by atoms with E-state index < -0.39 is 0 Å². The van der Waals surface area contributed by atoms with Gasteiger partial charge in [-0.25, -0.2) is 0 Å². The van der Waals surface area contributed by atoms with Gasteiger partial charge < -0.3 is 5.73 Å². The topological polar surface area (TPSA) is 26.0 Å². The molecule has 0 aliphatic carbocycles. The summed E-state index contributed by atoms with van der Waals surface area (Å²) in [5.74, 6) is 1.01. The SMILES string of the molecule is CCC(N)CSc1cc(C)ccc1C.Cl. The average Bonchev–Trinajstić information content (AvgIpc) is 2.19. The van der Waals surface area contributed by atoms with E-state index in [1.165, 1.54) is 16.0 Å². The highest BCUT2D eigenvalue weighted by atomic mass is 35.5. The molecule has 0 radical (unpaired) electrons. The van der Waals surface area contributed by atoms with Gasteiger partial charge >= 0.3 is 0 Å². The summed E-state index contributed by atoms with van der Waals surface area (Å²) in [7, 11) is 0. The summed E-state index contributed by atoms with van der Waals surface area (Å²) >= 11 is 1.87. The predicted molar refractivity (Wildman–Crippen MR) is 72.2 cm³/mol. The van der Waals surface area contributed by atoms with E-state index in [0.717, 1.165) is 12.2 Å². The van der Waals surface area contributed by atoms with Crippen molar-refractivity contribution in [2.45, 2.75) is 38.1 Å². The molecule has 2 N–H and O–H groups in total. The summed E-state index contributed by atoms with van der Waals surface area (Å²) < 4.78 is 0. The number of rotatable bonds is 4. The third kappa shape index (κ3) is 4.92. The van der Waals surface area contributed by atoms with E-state index in [0.29, 0.717) is 6.04 Å². The maximum Gasteiger partial charge on any atom is 0.0132 e. The first kappa shape index (κ1) is 14.8. The van der Waals surface area contributed by atoms with Crippen LogP contribution < -0.4 is 5.73 Å². The summed E-state index contributed by atoms with van der Waals surface area (Å²) in [5, 5.41) is 0. The number of hydrogen-bond acceptors (Lipinski definition) is 2. The van der Waals surface area contributed by atoms with Gasteiger partial charge in [-0.15, -0.1) is 24.2 Å². The van der Waals surface area contributed by atoms with Gasteiger partial charge in [-0.2, -0.15) is 0 Å². The molecule has 1 aromatic carbocycles. The Kier molecular flexibility index (Phi) is 7.07. The number of benzene rings is 1. The van der Waals surface area contributed by atoms with Crippen molar-refractivity contribution in [2.24, 2.45) is 5.73 Å². The van der Waals surface area contributed by atoms with Crippen molar-refractivity contribution in [3.05, 3.63) is 29.3 Å². The van der Waals surface area contributed by atoms with Crippen LogP contribution in [0.4, 0.5) is 0 Å². The summed E-state index contributed by atoms with van der Waals surface area (Å²) in [4.78, 5) is 1.37. The number of aryl methyl sites for hydroxylation is 2. The van der Waals surface area contributed by atoms with Crippen LogP contribution in [-0.2, 0) is 0 Å². The van der Waals surface area contributed by atoms with Gasteiger partial charge in [0, 0.05) is 16.7 Å². The van der Waals surface area contributed by atoms with Gasteiger partial charge in [0.15, 0.2) is 0 Å². The molecule has 0 aromatic heterocycles. The molecule has 1 unspecified atom stereocenters. The van der Waals surface area contributed by atoms with Crippen LogP contribution in [0.5, 0.6) is 0 Å². The second-order valence-electron chi connectivity index (χ2n) is 3.75. The molecule has 0 aliphatic rings. The molecule has 86 valence electrons. The Hall–Kier alpha value is -0.180. The molecule has 15 heavy (non-hydrogen) atoms. The number of thioether (sulfide) groups is 1. The minimum atomic E-state index is 0. The maximum absolute atomic E-state index is 5.89. The lowest BCUT2D eigenvalue weighted by Crippen LogP contribution is -2.21. The lowest BCUT2D eigenvalue weighted by Gasteiger charge is -2.10. The third-order valence-corrected chi connectivity index (χ3v) is 3.67. The van der Waals surface area contributed by atoms with E-state index in [1.807, 2.05) is 11.8 Å². The van der Waals surface area contributed by atoms with Crippen molar-refractivity contribution < 1.29 is 0 Å². The largest absolute Gasteiger partial charge is 0.327 e. The van der Waals surface area contributed by atoms with Gasteiger partial charge in [0.1, 0.15) is 0 Å². The lowest BCUT2D eigenvalue weighted by atomic mass is 10.2. The average molecular weight is 246 g/mol. The summed E-state index contributed by atoms with van der Waals surface area (Å²) in [5.41, 5.74) is 8.56. The normalized spacial score (nSPS) is 12.0. The Balaban J connectivity index is 0.00000196. The highest BCUT2D eigenvalue weighted by Crippen LogP contribution is 2.24. The lowest BCUT2D eigenvalue weighted by molar-refractivity contribution is 0.725. The Bertz CT molecular complexity index is 302. The van der Waals surface area contributed by atoms with Crippen LogP contribution in [0.25, 0.3) is 0 Å². The van der Waals surface area contributed by atoms with Crippen LogP contribution in [0.1, 0.15) is 24.5 Å². The van der Waals surface area contributed by atoms with Crippen LogP contribution >= 0.6 is 24.2 Å². The van der Waals surface area contributed by atoms with E-state index in [9.17, 15) is 0 Å². The first-order valence-corrected chi connectivity index (χ1v) is 6.07. The highest BCUT2D eigenvalue weighted by Gasteiger charge is 2.03. The predicted octanol–water partition coefficient (Wildman–Crippen LogP) is 3.55. The van der Waals surface area contributed by atoms with E-state index >= 15 is 0 Å². The Morgan fingerprint density at radius 3 is 2.60 bits per heavy atom. The van der Waals surface area contributed by atoms with Crippen molar-refractivity contribution in [1.29, 1.82) is 0 Å². The minimum absolute atomic E-state index is 0. The number of nitrogens with two attached hydrogens (primary N) is 1. The number of halogens is 1. The smallest absolute Gasteiger partial charge is 0.0132 e. The molecule has 1 atom stereocenters. The minimum Gasteiger partial charge on any atom is -0.327 e. The molecular weight excluding hydrogens is 226 g/mol. The van der Waals surface area contributed by atoms with Gasteiger partial charge in [-0.1, -0.05) is 24.6 Å². The standard InChI is InChI=1S/C12H19NS.ClH/c1-4-11(13)8-14-12-7-9(2)5-6-10(12)3;/h5-7,11H,4,8,13H2,1-3H3;1H. The molecule has 1 nitrogen and oxygen atoms in total. The van der Waals surface area contributed by atoms with Crippen molar-refractivity contribution in [3.63, 3.8) is 0 Å². The molecule has 1 aromatic rings. The molecule has 0 saturated heterocycles. The molecule has 0 bridgehead atoms. The fraction of sp³-hybridized carbons (Fsp3) is 0.500. The second kappa shape index (κ2) is 7.15. The van der Waals surface area contributed by atoms with Gasteiger partial charge in [0.05, 0.1) is 0 Å². The summed E-state index contributed by atoms with van der Waals surface area (Å²) in [6.07, 6.45) is 1.05. The second-order valence-corrected chi connectivity index (χ2v) is 4.81. The molecule has 0 saturated carbocycles. The molecule has 1 rings (SSSR count). The molecule has 0 heterocycles. The molecule has 0 amide bonds. The highest BCUT2D eigenvalue weighted by molar-refractivity contribution is 7.99.